The summed E-state index contributed by atoms with van der Waals surface area (Å²) in [6.45, 7) is 3.17. The van der Waals surface area contributed by atoms with Crippen molar-refractivity contribution in [3.05, 3.63) is 29.3 Å². The number of aliphatic hydroxyl groups excluding tert-OH is 1. The summed E-state index contributed by atoms with van der Waals surface area (Å²) in [5, 5.41) is 9.01. The summed E-state index contributed by atoms with van der Waals surface area (Å²) in [5.41, 5.74) is 2.63. The molecule has 15 heavy (non-hydrogen) atoms. The van der Waals surface area contributed by atoms with Gasteiger partial charge in [0.05, 0.1) is 6.61 Å². The highest BCUT2D eigenvalue weighted by Gasteiger charge is 2.11. The topological polar surface area (TPSA) is 29.5 Å². The van der Waals surface area contributed by atoms with Crippen LogP contribution < -0.4 is 4.74 Å². The van der Waals surface area contributed by atoms with Gasteiger partial charge in [0.15, 0.2) is 0 Å². The maximum absolute atomic E-state index is 9.01. The van der Waals surface area contributed by atoms with Gasteiger partial charge in [0.1, 0.15) is 5.75 Å². The summed E-state index contributed by atoms with van der Waals surface area (Å²) in [6, 6.07) is 6.39. The highest BCUT2D eigenvalue weighted by atomic mass is 16.5. The molecule has 0 spiro atoms. The van der Waals surface area contributed by atoms with Crippen molar-refractivity contribution in [2.75, 3.05) is 13.2 Å². The summed E-state index contributed by atoms with van der Waals surface area (Å²) in [5.74, 6) is 1.38. The average molecular weight is 206 g/mol. The van der Waals surface area contributed by atoms with Crippen LogP contribution in [-0.2, 0) is 12.8 Å². The second-order valence-electron chi connectivity index (χ2n) is 4.39. The fourth-order valence-corrected chi connectivity index (χ4v) is 2.01. The molecule has 1 aliphatic heterocycles. The fourth-order valence-electron chi connectivity index (χ4n) is 2.01. The Bertz CT molecular complexity index is 333. The van der Waals surface area contributed by atoms with E-state index < -0.39 is 0 Å². The molecule has 0 bridgehead atoms. The molecular formula is C13H18O2. The van der Waals surface area contributed by atoms with Gasteiger partial charge in [-0.1, -0.05) is 19.1 Å². The molecule has 1 atom stereocenters. The number of benzene rings is 1. The van der Waals surface area contributed by atoms with Crippen LogP contribution in [0.4, 0.5) is 0 Å². The van der Waals surface area contributed by atoms with Crippen molar-refractivity contribution in [1.82, 2.24) is 0 Å². The number of hydrogen-bond acceptors (Lipinski definition) is 2. The molecule has 0 amide bonds. The summed E-state index contributed by atoms with van der Waals surface area (Å²) in [4.78, 5) is 0. The third-order valence-electron chi connectivity index (χ3n) is 2.87. The van der Waals surface area contributed by atoms with E-state index in [2.05, 4.69) is 25.1 Å². The van der Waals surface area contributed by atoms with E-state index in [0.29, 0.717) is 5.92 Å². The molecule has 0 saturated carbocycles. The zero-order chi connectivity index (χ0) is 10.7. The lowest BCUT2D eigenvalue weighted by Crippen LogP contribution is -2.10. The molecule has 2 nitrogen and oxygen atoms in total. The van der Waals surface area contributed by atoms with E-state index in [1.165, 1.54) is 11.1 Å². The standard InChI is InChI=1S/C13H18O2/c1-10(9-14)7-11-4-5-13-12(8-11)3-2-6-15-13/h4-5,8,10,14H,2-3,6-7,9H2,1H3. The van der Waals surface area contributed by atoms with Crippen molar-refractivity contribution in [2.45, 2.75) is 26.2 Å². The fraction of sp³-hybridized carbons (Fsp3) is 0.538. The number of aryl methyl sites for hydroxylation is 1. The minimum atomic E-state index is 0.258. The van der Waals surface area contributed by atoms with Gasteiger partial charge in [0, 0.05) is 6.61 Å². The maximum atomic E-state index is 9.01. The highest BCUT2D eigenvalue weighted by Crippen LogP contribution is 2.26. The zero-order valence-electron chi connectivity index (χ0n) is 9.20. The third kappa shape index (κ3) is 2.51. The molecule has 1 heterocycles. The van der Waals surface area contributed by atoms with Gasteiger partial charge in [-0.25, -0.2) is 0 Å². The van der Waals surface area contributed by atoms with Crippen LogP contribution >= 0.6 is 0 Å². The Morgan fingerprint density at radius 3 is 3.13 bits per heavy atom. The van der Waals surface area contributed by atoms with Gasteiger partial charge in [-0.3, -0.25) is 0 Å². The van der Waals surface area contributed by atoms with E-state index in [1.807, 2.05) is 0 Å². The molecule has 0 aliphatic carbocycles. The smallest absolute Gasteiger partial charge is 0.122 e. The predicted octanol–water partition coefficient (Wildman–Crippen LogP) is 2.18. The number of aliphatic hydroxyl groups is 1. The summed E-state index contributed by atoms with van der Waals surface area (Å²) < 4.78 is 5.56. The van der Waals surface area contributed by atoms with Crippen LogP contribution in [0.3, 0.4) is 0 Å². The van der Waals surface area contributed by atoms with Crippen LogP contribution in [0, 0.1) is 5.92 Å². The molecule has 1 aliphatic rings. The molecule has 2 rings (SSSR count). The Hall–Kier alpha value is -1.02. The van der Waals surface area contributed by atoms with Gasteiger partial charge in [-0.15, -0.1) is 0 Å². The molecule has 1 unspecified atom stereocenters. The van der Waals surface area contributed by atoms with Crippen molar-refractivity contribution in [3.63, 3.8) is 0 Å². The monoisotopic (exact) mass is 206 g/mol. The van der Waals surface area contributed by atoms with E-state index >= 15 is 0 Å². The van der Waals surface area contributed by atoms with Gasteiger partial charge in [-0.2, -0.15) is 0 Å². The molecule has 82 valence electrons. The van der Waals surface area contributed by atoms with Gasteiger partial charge in [0.2, 0.25) is 0 Å². The maximum Gasteiger partial charge on any atom is 0.122 e. The Morgan fingerprint density at radius 2 is 2.33 bits per heavy atom. The molecule has 0 aromatic heterocycles. The highest BCUT2D eigenvalue weighted by molar-refractivity contribution is 5.38. The lowest BCUT2D eigenvalue weighted by Gasteiger charge is -2.18. The summed E-state index contributed by atoms with van der Waals surface area (Å²) in [6.07, 6.45) is 3.19. The molecule has 1 aromatic rings. The number of fused-ring (bicyclic) bond motifs is 1. The molecule has 2 heteroatoms. The van der Waals surface area contributed by atoms with Gasteiger partial charge < -0.3 is 9.84 Å². The zero-order valence-corrected chi connectivity index (χ0v) is 9.20. The van der Waals surface area contributed by atoms with Crippen molar-refractivity contribution >= 4 is 0 Å². The Labute approximate surface area is 90.9 Å². The molecule has 0 fully saturated rings. The Balaban J connectivity index is 2.13. The minimum Gasteiger partial charge on any atom is -0.493 e. The van der Waals surface area contributed by atoms with Gasteiger partial charge in [-0.05, 0) is 42.4 Å². The van der Waals surface area contributed by atoms with Crippen molar-refractivity contribution in [1.29, 1.82) is 0 Å². The van der Waals surface area contributed by atoms with Crippen LogP contribution in [0.1, 0.15) is 24.5 Å². The van der Waals surface area contributed by atoms with Gasteiger partial charge in [0.25, 0.3) is 0 Å². The molecule has 1 N–H and O–H groups in total. The summed E-state index contributed by atoms with van der Waals surface area (Å²) in [7, 11) is 0. The third-order valence-corrected chi connectivity index (χ3v) is 2.87. The first kappa shape index (κ1) is 10.5. The van der Waals surface area contributed by atoms with E-state index in [4.69, 9.17) is 9.84 Å². The Morgan fingerprint density at radius 1 is 1.47 bits per heavy atom. The lowest BCUT2D eigenvalue weighted by atomic mass is 9.97. The normalized spacial score (nSPS) is 16.7. The van der Waals surface area contributed by atoms with Crippen LogP contribution in [0.25, 0.3) is 0 Å². The number of rotatable bonds is 3. The average Bonchev–Trinajstić information content (AvgIpc) is 2.29. The predicted molar refractivity (Wildman–Crippen MR) is 60.2 cm³/mol. The second kappa shape index (κ2) is 4.67. The number of ether oxygens (including phenoxy) is 1. The van der Waals surface area contributed by atoms with Crippen LogP contribution in [0.15, 0.2) is 18.2 Å². The van der Waals surface area contributed by atoms with Crippen molar-refractivity contribution < 1.29 is 9.84 Å². The molecule has 1 aromatic carbocycles. The first-order valence-electron chi connectivity index (χ1n) is 5.65. The second-order valence-corrected chi connectivity index (χ2v) is 4.39. The van der Waals surface area contributed by atoms with Crippen LogP contribution in [0.2, 0.25) is 0 Å². The van der Waals surface area contributed by atoms with Crippen LogP contribution in [0.5, 0.6) is 5.75 Å². The first-order chi connectivity index (χ1) is 7.29. The largest absolute Gasteiger partial charge is 0.493 e. The molecule has 0 saturated heterocycles. The molecule has 0 radical (unpaired) electrons. The van der Waals surface area contributed by atoms with E-state index in [9.17, 15) is 0 Å². The minimum absolute atomic E-state index is 0.258. The van der Waals surface area contributed by atoms with Crippen molar-refractivity contribution in [2.24, 2.45) is 5.92 Å². The number of hydrogen-bond donors (Lipinski definition) is 1. The first-order valence-corrected chi connectivity index (χ1v) is 5.65. The van der Waals surface area contributed by atoms with Gasteiger partial charge >= 0.3 is 0 Å². The molecular weight excluding hydrogens is 188 g/mol. The van der Waals surface area contributed by atoms with Crippen LogP contribution in [-0.4, -0.2) is 18.3 Å². The summed E-state index contributed by atoms with van der Waals surface area (Å²) >= 11 is 0. The SMILES string of the molecule is CC(CO)Cc1ccc2c(c1)CCCO2. The van der Waals surface area contributed by atoms with E-state index in [1.54, 1.807) is 0 Å². The Kier molecular flexibility index (Phi) is 3.27. The van der Waals surface area contributed by atoms with E-state index in [-0.39, 0.29) is 6.61 Å². The van der Waals surface area contributed by atoms with Crippen molar-refractivity contribution in [3.8, 4) is 5.75 Å². The van der Waals surface area contributed by atoms with E-state index in [0.717, 1.165) is 31.6 Å². The lowest BCUT2D eigenvalue weighted by molar-refractivity contribution is 0.237. The quantitative estimate of drug-likeness (QED) is 0.821.